The summed E-state index contributed by atoms with van der Waals surface area (Å²) in [7, 11) is 0. The lowest BCUT2D eigenvalue weighted by Crippen LogP contribution is -2.34. The number of likely N-dealkylation sites (N-methyl/N-ethyl adjacent to an activating group) is 1. The van der Waals surface area contributed by atoms with Crippen molar-refractivity contribution in [3.63, 3.8) is 0 Å². The number of carbonyl (C=O) groups excluding carboxylic acids is 2. The number of nitrogens with zero attached hydrogens (tertiary/aromatic N) is 4. The largest absolute Gasteiger partial charge is 0.490 e. The molecule has 1 N–H and O–H groups in total. The zero-order chi connectivity index (χ0) is 30.9. The summed E-state index contributed by atoms with van der Waals surface area (Å²) in [5.41, 5.74) is 2.62. The van der Waals surface area contributed by atoms with Gasteiger partial charge in [0.15, 0.2) is 18.1 Å². The molecule has 0 saturated heterocycles. The number of nitrogens with one attached hydrogen (secondary N) is 1. The number of amides is 1. The van der Waals surface area contributed by atoms with E-state index in [1.807, 2.05) is 51.1 Å². The molecule has 0 aliphatic carbocycles. The van der Waals surface area contributed by atoms with Gasteiger partial charge in [-0.1, -0.05) is 60.3 Å². The molecule has 1 unspecified atom stereocenters. The van der Waals surface area contributed by atoms with Crippen LogP contribution in [-0.2, 0) is 20.1 Å². The number of thioether (sulfide) groups is 1. The summed E-state index contributed by atoms with van der Waals surface area (Å²) in [6, 6.07) is 12.3. The molecule has 228 valence electrons. The first-order valence-electron chi connectivity index (χ1n) is 14.1. The van der Waals surface area contributed by atoms with Crippen molar-refractivity contribution in [2.24, 2.45) is 0 Å². The van der Waals surface area contributed by atoms with Crippen LogP contribution in [0.2, 0.25) is 5.02 Å². The number of allylic oxidation sites excluding steroid dienone is 1. The number of hydrogen-bond donors (Lipinski definition) is 1. The number of fused-ring (bicyclic) bond motifs is 1. The molecule has 0 saturated carbocycles. The number of halogens is 1. The van der Waals surface area contributed by atoms with Gasteiger partial charge in [0.05, 0.1) is 12.2 Å². The van der Waals surface area contributed by atoms with Crippen LogP contribution in [0.5, 0.6) is 11.5 Å². The smallest absolute Gasteiger partial charge is 0.338 e. The molecule has 2 aromatic carbocycles. The Morgan fingerprint density at radius 1 is 1.14 bits per heavy atom. The van der Waals surface area contributed by atoms with Crippen LogP contribution in [0.25, 0.3) is 0 Å². The number of ether oxygens (including phenoxy) is 3. The second kappa shape index (κ2) is 15.0. The Morgan fingerprint density at radius 3 is 2.60 bits per heavy atom. The molecule has 12 heteroatoms. The van der Waals surface area contributed by atoms with E-state index in [-0.39, 0.29) is 19.1 Å². The molecule has 1 amide bonds. The van der Waals surface area contributed by atoms with E-state index in [0.29, 0.717) is 69.9 Å². The summed E-state index contributed by atoms with van der Waals surface area (Å²) < 4.78 is 18.9. The third-order valence-corrected chi connectivity index (χ3v) is 8.01. The highest BCUT2D eigenvalue weighted by molar-refractivity contribution is 7.98. The van der Waals surface area contributed by atoms with Crippen LogP contribution in [0.3, 0.4) is 0 Å². The number of rotatable bonds is 14. The van der Waals surface area contributed by atoms with Crippen LogP contribution in [0, 0.1) is 0 Å². The highest BCUT2D eigenvalue weighted by Gasteiger charge is 2.36. The highest BCUT2D eigenvalue weighted by Crippen LogP contribution is 2.40. The van der Waals surface area contributed by atoms with Crippen molar-refractivity contribution >= 4 is 41.2 Å². The van der Waals surface area contributed by atoms with Crippen LogP contribution in [-0.4, -0.2) is 64.5 Å². The van der Waals surface area contributed by atoms with E-state index in [0.717, 1.165) is 5.56 Å². The molecule has 1 atom stereocenters. The van der Waals surface area contributed by atoms with Gasteiger partial charge < -0.3 is 24.4 Å². The summed E-state index contributed by atoms with van der Waals surface area (Å²) in [5, 5.41) is 9.17. The Morgan fingerprint density at radius 2 is 1.91 bits per heavy atom. The first-order valence-corrected chi connectivity index (χ1v) is 15.4. The molecule has 4 rings (SSSR count). The quantitative estimate of drug-likeness (QED) is 0.133. The predicted molar refractivity (Wildman–Crippen MR) is 168 cm³/mol. The van der Waals surface area contributed by atoms with Gasteiger partial charge in [-0.05, 0) is 57.0 Å². The molecule has 0 spiro atoms. The summed E-state index contributed by atoms with van der Waals surface area (Å²) >= 11 is 7.79. The standard InChI is InChI=1S/C31H36ClN5O5S/c1-6-16-41-29(39)27-20(5)33-30-34-31(43-19-22-12-10-11-13-23(22)32)35-37(30)28(27)21-14-15-24(25(17-21)40-9-4)42-18-26(38)36(7-2)8-3/h6,10-15,17,28H,1,7-9,16,18-19H2,2-5H3,(H,33,34,35). The van der Waals surface area contributed by atoms with E-state index in [4.69, 9.17) is 35.9 Å². The van der Waals surface area contributed by atoms with Crippen LogP contribution >= 0.6 is 23.4 Å². The molecule has 2 heterocycles. The molecular weight excluding hydrogens is 590 g/mol. The number of benzene rings is 2. The Kier molecular flexibility index (Phi) is 11.1. The van der Waals surface area contributed by atoms with Gasteiger partial charge in [-0.25, -0.2) is 9.48 Å². The fraction of sp³-hybridized carbons (Fsp3) is 0.355. The molecule has 0 bridgehead atoms. The van der Waals surface area contributed by atoms with Gasteiger partial charge in [-0.3, -0.25) is 4.79 Å². The third kappa shape index (κ3) is 7.52. The number of hydrogen-bond acceptors (Lipinski definition) is 9. The van der Waals surface area contributed by atoms with Crippen LogP contribution in [0.1, 0.15) is 44.9 Å². The Hall–Kier alpha value is -3.96. The topological polar surface area (TPSA) is 108 Å². The van der Waals surface area contributed by atoms with E-state index in [9.17, 15) is 9.59 Å². The molecule has 1 aliphatic heterocycles. The first-order chi connectivity index (χ1) is 20.8. The second-order valence-corrected chi connectivity index (χ2v) is 10.8. The lowest BCUT2D eigenvalue weighted by Gasteiger charge is -2.28. The Bertz CT molecular complexity index is 1500. The molecule has 0 fully saturated rings. The monoisotopic (exact) mass is 625 g/mol. The molecule has 1 aliphatic rings. The van der Waals surface area contributed by atoms with Crippen molar-refractivity contribution in [1.82, 2.24) is 19.7 Å². The van der Waals surface area contributed by atoms with Crippen molar-refractivity contribution in [2.75, 3.05) is 38.2 Å². The van der Waals surface area contributed by atoms with Gasteiger partial charge in [0.1, 0.15) is 12.6 Å². The fourth-order valence-corrected chi connectivity index (χ4v) is 5.74. The van der Waals surface area contributed by atoms with E-state index >= 15 is 0 Å². The number of anilines is 1. The maximum atomic E-state index is 13.3. The summed E-state index contributed by atoms with van der Waals surface area (Å²) in [5.74, 6) is 1.29. The molecular formula is C31H36ClN5O5S. The van der Waals surface area contributed by atoms with Crippen LogP contribution in [0.15, 0.2) is 71.5 Å². The minimum absolute atomic E-state index is 0.0586. The van der Waals surface area contributed by atoms with E-state index < -0.39 is 12.0 Å². The van der Waals surface area contributed by atoms with Gasteiger partial charge in [0, 0.05) is 29.6 Å². The predicted octanol–water partition coefficient (Wildman–Crippen LogP) is 5.89. The molecule has 1 aromatic heterocycles. The van der Waals surface area contributed by atoms with Gasteiger partial charge in [0.2, 0.25) is 11.1 Å². The zero-order valence-electron chi connectivity index (χ0n) is 24.8. The Balaban J connectivity index is 1.70. The third-order valence-electron chi connectivity index (χ3n) is 6.75. The average molecular weight is 626 g/mol. The normalized spacial score (nSPS) is 14.0. The lowest BCUT2D eigenvalue weighted by molar-refractivity contribution is -0.138. The fourth-order valence-electron chi connectivity index (χ4n) is 4.62. The van der Waals surface area contributed by atoms with Crippen molar-refractivity contribution in [3.05, 3.63) is 82.5 Å². The minimum atomic E-state index is -0.679. The van der Waals surface area contributed by atoms with E-state index in [2.05, 4.69) is 11.9 Å². The average Bonchev–Trinajstić information content (AvgIpc) is 3.41. The number of aromatic nitrogens is 3. The van der Waals surface area contributed by atoms with Crippen molar-refractivity contribution in [2.45, 2.75) is 44.6 Å². The Labute approximate surface area is 261 Å². The van der Waals surface area contributed by atoms with Crippen molar-refractivity contribution in [1.29, 1.82) is 0 Å². The van der Waals surface area contributed by atoms with Gasteiger partial charge in [-0.2, -0.15) is 4.98 Å². The van der Waals surface area contributed by atoms with Gasteiger partial charge in [-0.15, -0.1) is 5.10 Å². The summed E-state index contributed by atoms with van der Waals surface area (Å²) in [6.07, 6.45) is 1.52. The lowest BCUT2D eigenvalue weighted by atomic mass is 9.95. The maximum absolute atomic E-state index is 13.3. The molecule has 0 radical (unpaired) electrons. The van der Waals surface area contributed by atoms with Crippen LogP contribution < -0.4 is 14.8 Å². The second-order valence-electron chi connectivity index (χ2n) is 9.49. The highest BCUT2D eigenvalue weighted by atomic mass is 35.5. The van der Waals surface area contributed by atoms with E-state index in [1.54, 1.807) is 28.6 Å². The SMILES string of the molecule is C=CCOC(=O)C1=C(C)Nc2nc(SCc3ccccc3Cl)nn2C1c1ccc(OCC(=O)N(CC)CC)c(OCC)c1. The summed E-state index contributed by atoms with van der Waals surface area (Å²) in [6.45, 7) is 12.7. The van der Waals surface area contributed by atoms with Crippen molar-refractivity contribution in [3.8, 4) is 11.5 Å². The summed E-state index contributed by atoms with van der Waals surface area (Å²) in [4.78, 5) is 32.3. The molecule has 3 aromatic rings. The van der Waals surface area contributed by atoms with Gasteiger partial charge in [0.25, 0.3) is 5.91 Å². The maximum Gasteiger partial charge on any atom is 0.338 e. The molecule has 10 nitrogen and oxygen atoms in total. The number of carbonyl (C=O) groups is 2. The molecule has 43 heavy (non-hydrogen) atoms. The number of esters is 1. The van der Waals surface area contributed by atoms with Gasteiger partial charge >= 0.3 is 5.97 Å². The minimum Gasteiger partial charge on any atom is -0.490 e. The first kappa shape index (κ1) is 32.0. The zero-order valence-corrected chi connectivity index (χ0v) is 26.3. The van der Waals surface area contributed by atoms with Crippen molar-refractivity contribution < 1.29 is 23.8 Å². The van der Waals surface area contributed by atoms with E-state index in [1.165, 1.54) is 17.8 Å². The van der Waals surface area contributed by atoms with Crippen LogP contribution in [0.4, 0.5) is 5.95 Å².